The second kappa shape index (κ2) is 4.32. The Kier molecular flexibility index (Phi) is 3.01. The molecule has 1 aromatic heterocycles. The quantitative estimate of drug-likeness (QED) is 0.675. The standard InChI is InChI=1S/C9H11N3O4S/c1-2-16-12-17(14,15)6-3-4-7-8(5-6)11-9(13)10-7/h3-5,12H,2H2,1H3,(H2,10,11,13). The van der Waals surface area contributed by atoms with Crippen LogP contribution in [0.1, 0.15) is 6.92 Å². The van der Waals surface area contributed by atoms with Crippen LogP contribution in [0.4, 0.5) is 0 Å². The SMILES string of the molecule is CCONS(=O)(=O)c1ccc2[nH]c(=O)[nH]c2c1. The summed E-state index contributed by atoms with van der Waals surface area (Å²) in [5, 5.41) is 0. The number of imidazole rings is 1. The van der Waals surface area contributed by atoms with Gasteiger partial charge in [-0.1, -0.05) is 4.89 Å². The van der Waals surface area contributed by atoms with Gasteiger partial charge in [0, 0.05) is 0 Å². The highest BCUT2D eigenvalue weighted by molar-refractivity contribution is 7.89. The highest BCUT2D eigenvalue weighted by Gasteiger charge is 2.14. The third-order valence-electron chi connectivity index (χ3n) is 2.11. The lowest BCUT2D eigenvalue weighted by Crippen LogP contribution is -2.23. The van der Waals surface area contributed by atoms with Crippen LogP contribution in [-0.2, 0) is 14.9 Å². The van der Waals surface area contributed by atoms with Crippen LogP contribution < -0.4 is 10.6 Å². The van der Waals surface area contributed by atoms with E-state index in [-0.39, 0.29) is 17.2 Å². The first-order valence-electron chi connectivity index (χ1n) is 4.88. The van der Waals surface area contributed by atoms with Gasteiger partial charge in [0.25, 0.3) is 10.0 Å². The molecule has 0 radical (unpaired) electrons. The van der Waals surface area contributed by atoms with E-state index in [1.54, 1.807) is 6.92 Å². The third-order valence-corrected chi connectivity index (χ3v) is 3.32. The predicted octanol–water partition coefficient (Wildman–Crippen LogP) is 0.0860. The Balaban J connectivity index is 2.45. The molecule has 0 atom stereocenters. The number of sulfonamides is 1. The first-order chi connectivity index (χ1) is 8.03. The molecule has 2 aromatic rings. The monoisotopic (exact) mass is 257 g/mol. The van der Waals surface area contributed by atoms with Gasteiger partial charge in [-0.2, -0.15) is 0 Å². The van der Waals surface area contributed by atoms with Crippen LogP contribution in [-0.4, -0.2) is 25.0 Å². The Labute approximate surface area is 96.8 Å². The Morgan fingerprint density at radius 3 is 2.71 bits per heavy atom. The van der Waals surface area contributed by atoms with Gasteiger partial charge in [0.2, 0.25) is 0 Å². The number of hydrogen-bond donors (Lipinski definition) is 3. The molecule has 8 heteroatoms. The van der Waals surface area contributed by atoms with Crippen molar-refractivity contribution in [3.8, 4) is 0 Å². The van der Waals surface area contributed by atoms with Gasteiger partial charge in [-0.15, -0.1) is 0 Å². The summed E-state index contributed by atoms with van der Waals surface area (Å²) in [5.41, 5.74) is 0.590. The van der Waals surface area contributed by atoms with Crippen molar-refractivity contribution >= 4 is 21.1 Å². The molecule has 0 bridgehead atoms. The molecule has 0 amide bonds. The van der Waals surface area contributed by atoms with E-state index in [0.29, 0.717) is 11.0 Å². The number of fused-ring (bicyclic) bond motifs is 1. The maximum atomic E-state index is 11.7. The maximum absolute atomic E-state index is 11.7. The molecule has 92 valence electrons. The number of aromatic nitrogens is 2. The molecule has 17 heavy (non-hydrogen) atoms. The molecule has 2 rings (SSSR count). The smallest absolute Gasteiger partial charge is 0.306 e. The van der Waals surface area contributed by atoms with Crippen molar-refractivity contribution in [2.24, 2.45) is 0 Å². The zero-order valence-corrected chi connectivity index (χ0v) is 9.80. The van der Waals surface area contributed by atoms with Gasteiger partial charge in [-0.05, 0) is 25.1 Å². The largest absolute Gasteiger partial charge is 0.323 e. The predicted molar refractivity (Wildman–Crippen MR) is 60.9 cm³/mol. The molecule has 1 heterocycles. The molecular weight excluding hydrogens is 246 g/mol. The van der Waals surface area contributed by atoms with Crippen LogP contribution in [0.5, 0.6) is 0 Å². The molecule has 0 fully saturated rings. The van der Waals surface area contributed by atoms with Crippen LogP contribution in [0.15, 0.2) is 27.9 Å². The first-order valence-corrected chi connectivity index (χ1v) is 6.37. The summed E-state index contributed by atoms with van der Waals surface area (Å²) in [7, 11) is -3.71. The zero-order chi connectivity index (χ0) is 12.5. The van der Waals surface area contributed by atoms with Crippen molar-refractivity contribution in [3.63, 3.8) is 0 Å². The van der Waals surface area contributed by atoms with Crippen molar-refractivity contribution in [2.45, 2.75) is 11.8 Å². The number of aromatic amines is 2. The van der Waals surface area contributed by atoms with E-state index in [4.69, 9.17) is 0 Å². The minimum atomic E-state index is -3.71. The fourth-order valence-corrected chi connectivity index (χ4v) is 2.25. The average molecular weight is 257 g/mol. The summed E-state index contributed by atoms with van der Waals surface area (Å²) in [6.45, 7) is 1.89. The molecule has 0 aliphatic heterocycles. The minimum absolute atomic E-state index is 0.0219. The highest BCUT2D eigenvalue weighted by atomic mass is 32.2. The van der Waals surface area contributed by atoms with Gasteiger partial charge >= 0.3 is 5.69 Å². The highest BCUT2D eigenvalue weighted by Crippen LogP contribution is 2.14. The summed E-state index contributed by atoms with van der Waals surface area (Å²) >= 11 is 0. The van der Waals surface area contributed by atoms with Crippen molar-refractivity contribution in [1.82, 2.24) is 14.9 Å². The molecule has 0 saturated carbocycles. The number of H-pyrrole nitrogens is 2. The third kappa shape index (κ3) is 2.38. The van der Waals surface area contributed by atoms with E-state index in [2.05, 4.69) is 14.8 Å². The Morgan fingerprint density at radius 1 is 1.29 bits per heavy atom. The van der Waals surface area contributed by atoms with Gasteiger partial charge in [0.15, 0.2) is 0 Å². The van der Waals surface area contributed by atoms with Crippen LogP contribution in [0, 0.1) is 0 Å². The van der Waals surface area contributed by atoms with Crippen LogP contribution >= 0.6 is 0 Å². The lowest BCUT2D eigenvalue weighted by Gasteiger charge is -2.05. The second-order valence-corrected chi connectivity index (χ2v) is 4.95. The van der Waals surface area contributed by atoms with Crippen LogP contribution in [0.2, 0.25) is 0 Å². The number of hydrogen-bond acceptors (Lipinski definition) is 4. The zero-order valence-electron chi connectivity index (χ0n) is 8.98. The summed E-state index contributed by atoms with van der Waals surface area (Å²) < 4.78 is 23.4. The maximum Gasteiger partial charge on any atom is 0.323 e. The molecule has 3 N–H and O–H groups in total. The normalized spacial score (nSPS) is 12.1. The fourth-order valence-electron chi connectivity index (χ4n) is 1.36. The van der Waals surface area contributed by atoms with Crippen molar-refractivity contribution in [2.75, 3.05) is 6.61 Å². The van der Waals surface area contributed by atoms with Gasteiger partial charge in [0.1, 0.15) is 0 Å². The summed E-state index contributed by atoms with van der Waals surface area (Å²) in [6, 6.07) is 4.25. The summed E-state index contributed by atoms with van der Waals surface area (Å²) in [6.07, 6.45) is 0. The lowest BCUT2D eigenvalue weighted by atomic mass is 10.3. The lowest BCUT2D eigenvalue weighted by molar-refractivity contribution is 0.105. The Hall–Kier alpha value is -1.64. The van der Waals surface area contributed by atoms with Gasteiger partial charge < -0.3 is 9.97 Å². The van der Waals surface area contributed by atoms with E-state index in [1.165, 1.54) is 18.2 Å². The Bertz CT molecular complexity index is 686. The molecule has 0 aliphatic rings. The van der Waals surface area contributed by atoms with Crippen molar-refractivity contribution in [1.29, 1.82) is 0 Å². The molecule has 0 spiro atoms. The van der Waals surface area contributed by atoms with Gasteiger partial charge in [0.05, 0.1) is 22.5 Å². The first kappa shape index (κ1) is 11.8. The minimum Gasteiger partial charge on any atom is -0.306 e. The van der Waals surface area contributed by atoms with Gasteiger partial charge in [-0.25, -0.2) is 13.2 Å². The summed E-state index contributed by atoms with van der Waals surface area (Å²) in [5.74, 6) is 0. The van der Waals surface area contributed by atoms with Gasteiger partial charge in [-0.3, -0.25) is 4.84 Å². The molecule has 7 nitrogen and oxygen atoms in total. The molecule has 0 saturated heterocycles. The molecular formula is C9H11N3O4S. The van der Waals surface area contributed by atoms with E-state index < -0.39 is 10.0 Å². The topological polar surface area (TPSA) is 104 Å². The van der Waals surface area contributed by atoms with E-state index in [0.717, 1.165) is 0 Å². The van der Waals surface area contributed by atoms with Crippen LogP contribution in [0.25, 0.3) is 11.0 Å². The average Bonchev–Trinajstić information content (AvgIpc) is 2.65. The fraction of sp³-hybridized carbons (Fsp3) is 0.222. The van der Waals surface area contributed by atoms with E-state index >= 15 is 0 Å². The van der Waals surface area contributed by atoms with E-state index in [9.17, 15) is 13.2 Å². The number of benzene rings is 1. The Morgan fingerprint density at radius 2 is 2.00 bits per heavy atom. The second-order valence-electron chi connectivity index (χ2n) is 3.31. The molecule has 0 aliphatic carbocycles. The number of nitrogens with one attached hydrogen (secondary N) is 3. The van der Waals surface area contributed by atoms with E-state index in [1.807, 2.05) is 4.89 Å². The van der Waals surface area contributed by atoms with Crippen molar-refractivity contribution < 1.29 is 13.3 Å². The molecule has 1 aromatic carbocycles. The van der Waals surface area contributed by atoms with Crippen LogP contribution in [0.3, 0.4) is 0 Å². The molecule has 0 unspecified atom stereocenters. The number of rotatable bonds is 4. The van der Waals surface area contributed by atoms with Crippen molar-refractivity contribution in [3.05, 3.63) is 28.7 Å². The summed E-state index contributed by atoms with van der Waals surface area (Å²) in [4.78, 5) is 22.7.